The molecule has 1 atom stereocenters. The first-order chi connectivity index (χ1) is 13.1. The summed E-state index contributed by atoms with van der Waals surface area (Å²) in [6.45, 7) is 0.303. The molecule has 3 heterocycles. The molecule has 1 N–H and O–H groups in total. The van der Waals surface area contributed by atoms with E-state index < -0.39 is 22.0 Å². The van der Waals surface area contributed by atoms with Gasteiger partial charge in [0.15, 0.2) is 0 Å². The van der Waals surface area contributed by atoms with E-state index in [1.165, 1.54) is 10.4 Å². The molecule has 1 amide bonds. The van der Waals surface area contributed by atoms with Crippen LogP contribution in [0.2, 0.25) is 0 Å². The highest BCUT2D eigenvalue weighted by molar-refractivity contribution is 7.91. The molecular formula is C17H16N4O4S2. The van der Waals surface area contributed by atoms with Gasteiger partial charge in [-0.05, 0) is 36.4 Å². The molecule has 4 rings (SSSR count). The summed E-state index contributed by atoms with van der Waals surface area (Å²) in [5, 5.41) is 12.0. The number of aromatic nitrogens is 2. The molecule has 10 heteroatoms. The molecule has 140 valence electrons. The van der Waals surface area contributed by atoms with Crippen LogP contribution >= 0.6 is 11.3 Å². The molecule has 1 saturated heterocycles. The standard InChI is InChI=1S/C17H16N4O4S2/c22-15(18-17-20-19-16(25-17)12-6-2-1-3-7-12)13-8-4-10-21(13)27(23,24)14-9-5-11-26-14/h1-3,5-7,9,11,13H,4,8,10H2,(H,18,20,22)/t13-/m1/s1. The molecule has 0 radical (unpaired) electrons. The van der Waals surface area contributed by atoms with Crippen molar-refractivity contribution < 1.29 is 17.6 Å². The number of carbonyl (C=O) groups is 1. The molecule has 8 nitrogen and oxygen atoms in total. The first-order valence-electron chi connectivity index (χ1n) is 8.31. The van der Waals surface area contributed by atoms with E-state index in [9.17, 15) is 13.2 Å². The Morgan fingerprint density at radius 2 is 2.00 bits per heavy atom. The predicted octanol–water partition coefficient (Wildman–Crippen LogP) is 2.59. The van der Waals surface area contributed by atoms with Crippen molar-refractivity contribution in [2.45, 2.75) is 23.1 Å². The van der Waals surface area contributed by atoms with E-state index in [0.717, 1.165) is 16.9 Å². The first-order valence-corrected chi connectivity index (χ1v) is 10.6. The number of rotatable bonds is 5. The molecule has 0 saturated carbocycles. The molecule has 1 aliphatic heterocycles. The van der Waals surface area contributed by atoms with E-state index in [1.54, 1.807) is 11.4 Å². The topological polar surface area (TPSA) is 105 Å². The lowest BCUT2D eigenvalue weighted by atomic mass is 10.2. The minimum atomic E-state index is -3.70. The molecule has 1 aliphatic rings. The number of nitrogens with one attached hydrogen (secondary N) is 1. The van der Waals surface area contributed by atoms with Crippen LogP contribution in [0.3, 0.4) is 0 Å². The Morgan fingerprint density at radius 1 is 1.19 bits per heavy atom. The van der Waals surface area contributed by atoms with Gasteiger partial charge in [-0.1, -0.05) is 29.4 Å². The molecule has 0 bridgehead atoms. The number of hydrogen-bond acceptors (Lipinski definition) is 7. The summed E-state index contributed by atoms with van der Waals surface area (Å²) in [6, 6.07) is 11.5. The van der Waals surface area contributed by atoms with Crippen molar-refractivity contribution >= 4 is 33.3 Å². The fourth-order valence-corrected chi connectivity index (χ4v) is 5.75. The monoisotopic (exact) mass is 404 g/mol. The summed E-state index contributed by atoms with van der Waals surface area (Å²) >= 11 is 1.13. The molecular weight excluding hydrogens is 388 g/mol. The Bertz CT molecular complexity index is 1030. The van der Waals surface area contributed by atoms with Gasteiger partial charge in [0, 0.05) is 12.1 Å². The smallest absolute Gasteiger partial charge is 0.322 e. The van der Waals surface area contributed by atoms with E-state index >= 15 is 0 Å². The number of benzene rings is 1. The molecule has 3 aromatic rings. The molecule has 0 aliphatic carbocycles. The van der Waals surface area contributed by atoms with Crippen molar-refractivity contribution in [3.63, 3.8) is 0 Å². The van der Waals surface area contributed by atoms with Crippen LogP contribution in [0.5, 0.6) is 0 Å². The number of carbonyl (C=O) groups excluding carboxylic acids is 1. The van der Waals surface area contributed by atoms with Gasteiger partial charge in [0.25, 0.3) is 10.0 Å². The van der Waals surface area contributed by atoms with E-state index in [1.807, 2.05) is 30.3 Å². The van der Waals surface area contributed by atoms with Crippen LogP contribution in [0.4, 0.5) is 6.01 Å². The lowest BCUT2D eigenvalue weighted by molar-refractivity contribution is -0.119. The van der Waals surface area contributed by atoms with Crippen LogP contribution in [-0.2, 0) is 14.8 Å². The number of amides is 1. The van der Waals surface area contributed by atoms with Crippen LogP contribution in [-0.4, -0.2) is 41.4 Å². The van der Waals surface area contributed by atoms with Gasteiger partial charge in [0.05, 0.1) is 0 Å². The van der Waals surface area contributed by atoms with Crippen molar-refractivity contribution in [1.29, 1.82) is 0 Å². The van der Waals surface area contributed by atoms with Crippen LogP contribution in [0, 0.1) is 0 Å². The van der Waals surface area contributed by atoms with Crippen molar-refractivity contribution in [1.82, 2.24) is 14.5 Å². The van der Waals surface area contributed by atoms with Crippen molar-refractivity contribution in [2.24, 2.45) is 0 Å². The van der Waals surface area contributed by atoms with Gasteiger partial charge < -0.3 is 4.42 Å². The van der Waals surface area contributed by atoms with E-state index in [4.69, 9.17) is 4.42 Å². The van der Waals surface area contributed by atoms with E-state index in [-0.39, 0.29) is 16.1 Å². The van der Waals surface area contributed by atoms with Crippen LogP contribution in [0.15, 0.2) is 56.5 Å². The van der Waals surface area contributed by atoms with Crippen LogP contribution in [0.25, 0.3) is 11.5 Å². The highest BCUT2D eigenvalue weighted by atomic mass is 32.2. The zero-order valence-electron chi connectivity index (χ0n) is 14.1. The minimum Gasteiger partial charge on any atom is -0.403 e. The fraction of sp³-hybridized carbons (Fsp3) is 0.235. The van der Waals surface area contributed by atoms with Gasteiger partial charge in [-0.25, -0.2) is 8.42 Å². The maximum Gasteiger partial charge on any atom is 0.322 e. The average molecular weight is 404 g/mol. The van der Waals surface area contributed by atoms with E-state index in [2.05, 4.69) is 15.5 Å². The van der Waals surface area contributed by atoms with Crippen LogP contribution < -0.4 is 5.32 Å². The summed E-state index contributed by atoms with van der Waals surface area (Å²) in [5.74, 6) is -0.198. The number of anilines is 1. The molecule has 2 aromatic heterocycles. The third kappa shape index (κ3) is 3.51. The highest BCUT2D eigenvalue weighted by Crippen LogP contribution is 2.29. The van der Waals surface area contributed by atoms with Crippen LogP contribution in [0.1, 0.15) is 12.8 Å². The molecule has 27 heavy (non-hydrogen) atoms. The van der Waals surface area contributed by atoms with Crippen molar-refractivity contribution in [2.75, 3.05) is 11.9 Å². The van der Waals surface area contributed by atoms with Gasteiger partial charge in [-0.2, -0.15) is 4.31 Å². The maximum absolute atomic E-state index is 12.8. The summed E-state index contributed by atoms with van der Waals surface area (Å²) in [4.78, 5) is 12.6. The second-order valence-electron chi connectivity index (χ2n) is 5.97. The lowest BCUT2D eigenvalue weighted by Gasteiger charge is -2.21. The summed E-state index contributed by atoms with van der Waals surface area (Å²) < 4.78 is 32.5. The Balaban J connectivity index is 1.50. The summed E-state index contributed by atoms with van der Waals surface area (Å²) in [5.41, 5.74) is 0.730. The number of sulfonamides is 1. The maximum atomic E-state index is 12.8. The Kier molecular flexibility index (Phi) is 4.77. The lowest BCUT2D eigenvalue weighted by Crippen LogP contribution is -2.42. The third-order valence-corrected chi connectivity index (χ3v) is 7.52. The summed E-state index contributed by atoms with van der Waals surface area (Å²) in [7, 11) is -3.70. The Morgan fingerprint density at radius 3 is 2.74 bits per heavy atom. The van der Waals surface area contributed by atoms with Gasteiger partial charge in [-0.15, -0.1) is 16.4 Å². The van der Waals surface area contributed by atoms with Gasteiger partial charge in [0.1, 0.15) is 10.3 Å². The van der Waals surface area contributed by atoms with E-state index in [0.29, 0.717) is 19.4 Å². The second kappa shape index (κ2) is 7.22. The first kappa shape index (κ1) is 17.8. The zero-order valence-corrected chi connectivity index (χ0v) is 15.7. The number of nitrogens with zero attached hydrogens (tertiary/aromatic N) is 3. The SMILES string of the molecule is O=C(Nc1nnc(-c2ccccc2)o1)[C@H]1CCCN1S(=O)(=O)c1cccs1. The van der Waals surface area contributed by atoms with Crippen molar-refractivity contribution in [3.05, 3.63) is 47.8 Å². The average Bonchev–Trinajstić information content (AvgIpc) is 3.42. The molecule has 1 aromatic carbocycles. The quantitative estimate of drug-likeness (QED) is 0.701. The third-order valence-electron chi connectivity index (χ3n) is 4.24. The molecule has 0 unspecified atom stereocenters. The Hall–Kier alpha value is -2.56. The predicted molar refractivity (Wildman–Crippen MR) is 99.6 cm³/mol. The summed E-state index contributed by atoms with van der Waals surface area (Å²) in [6.07, 6.45) is 1.05. The molecule has 0 spiro atoms. The fourth-order valence-electron chi connectivity index (χ4n) is 2.98. The van der Waals surface area contributed by atoms with Gasteiger partial charge in [-0.3, -0.25) is 10.1 Å². The minimum absolute atomic E-state index is 0.0563. The highest BCUT2D eigenvalue weighted by Gasteiger charge is 2.40. The number of thiophene rings is 1. The Labute approximate surface area is 159 Å². The largest absolute Gasteiger partial charge is 0.403 e. The van der Waals surface area contributed by atoms with Crippen molar-refractivity contribution in [3.8, 4) is 11.5 Å². The zero-order chi connectivity index (χ0) is 18.9. The van der Waals surface area contributed by atoms with Gasteiger partial charge in [0.2, 0.25) is 11.8 Å². The number of hydrogen-bond donors (Lipinski definition) is 1. The second-order valence-corrected chi connectivity index (χ2v) is 9.04. The normalized spacial score (nSPS) is 17.9. The van der Waals surface area contributed by atoms with Gasteiger partial charge >= 0.3 is 6.01 Å². The molecule has 1 fully saturated rings.